The van der Waals surface area contributed by atoms with Crippen molar-refractivity contribution in [2.45, 2.75) is 0 Å². The van der Waals surface area contributed by atoms with Gasteiger partial charge in [0.15, 0.2) is 0 Å². The maximum absolute atomic E-state index is 5.88. The third kappa shape index (κ3) is 2.06. The van der Waals surface area contributed by atoms with Crippen LogP contribution in [0.1, 0.15) is 0 Å². The van der Waals surface area contributed by atoms with Crippen LogP contribution in [0.5, 0.6) is 0 Å². The van der Waals surface area contributed by atoms with Crippen LogP contribution in [-0.2, 0) is 0 Å². The molecule has 0 bridgehead atoms. The van der Waals surface area contributed by atoms with Crippen molar-refractivity contribution in [1.82, 2.24) is 4.98 Å². The standard InChI is InChI=1S/C11H8Cl2N2/c12-8-3-1-7(2-4-8)9-5-15-6-10(13)11(9)14/h1-6H,(H2,14,15). The first-order chi connectivity index (χ1) is 7.18. The van der Waals surface area contributed by atoms with Gasteiger partial charge in [-0.15, -0.1) is 0 Å². The molecule has 4 heteroatoms. The van der Waals surface area contributed by atoms with Gasteiger partial charge in [-0.2, -0.15) is 0 Å². The van der Waals surface area contributed by atoms with E-state index in [-0.39, 0.29) is 0 Å². The summed E-state index contributed by atoms with van der Waals surface area (Å²) in [6, 6.07) is 7.37. The van der Waals surface area contributed by atoms with E-state index in [1.165, 1.54) is 6.20 Å². The zero-order valence-corrected chi connectivity index (χ0v) is 9.26. The molecule has 2 N–H and O–H groups in total. The maximum Gasteiger partial charge on any atom is 0.0824 e. The van der Waals surface area contributed by atoms with E-state index in [0.29, 0.717) is 15.7 Å². The number of halogens is 2. The minimum atomic E-state index is 0.461. The van der Waals surface area contributed by atoms with Crippen molar-refractivity contribution >= 4 is 28.9 Å². The van der Waals surface area contributed by atoms with E-state index in [4.69, 9.17) is 28.9 Å². The molecule has 76 valence electrons. The Bertz CT molecular complexity index is 480. The highest BCUT2D eigenvalue weighted by Crippen LogP contribution is 2.30. The molecule has 0 fully saturated rings. The van der Waals surface area contributed by atoms with Gasteiger partial charge in [0, 0.05) is 23.0 Å². The van der Waals surface area contributed by atoms with E-state index >= 15 is 0 Å². The summed E-state index contributed by atoms with van der Waals surface area (Å²) in [5, 5.41) is 1.15. The molecule has 0 aliphatic heterocycles. The van der Waals surface area contributed by atoms with Crippen LogP contribution in [0.4, 0.5) is 5.69 Å². The number of rotatable bonds is 1. The van der Waals surface area contributed by atoms with E-state index in [1.807, 2.05) is 12.1 Å². The number of pyridine rings is 1. The van der Waals surface area contributed by atoms with Gasteiger partial charge in [-0.05, 0) is 17.7 Å². The van der Waals surface area contributed by atoms with Crippen LogP contribution in [-0.4, -0.2) is 4.98 Å². The van der Waals surface area contributed by atoms with Crippen LogP contribution >= 0.6 is 23.2 Å². The minimum absolute atomic E-state index is 0.461. The Morgan fingerprint density at radius 1 is 1.00 bits per heavy atom. The number of hydrogen-bond acceptors (Lipinski definition) is 2. The lowest BCUT2D eigenvalue weighted by Crippen LogP contribution is -1.92. The van der Waals surface area contributed by atoms with Crippen LogP contribution in [0.3, 0.4) is 0 Å². The van der Waals surface area contributed by atoms with Crippen molar-refractivity contribution in [2.24, 2.45) is 0 Å². The highest BCUT2D eigenvalue weighted by Gasteiger charge is 2.05. The molecule has 0 saturated carbocycles. The quantitative estimate of drug-likeness (QED) is 0.825. The summed E-state index contributed by atoms with van der Waals surface area (Å²) in [5.41, 5.74) is 8.15. The largest absolute Gasteiger partial charge is 0.397 e. The lowest BCUT2D eigenvalue weighted by molar-refractivity contribution is 1.33. The predicted molar refractivity (Wildman–Crippen MR) is 64.1 cm³/mol. The van der Waals surface area contributed by atoms with Gasteiger partial charge in [0.1, 0.15) is 0 Å². The summed E-state index contributed by atoms with van der Waals surface area (Å²) in [6.45, 7) is 0. The molecular formula is C11H8Cl2N2. The molecule has 0 saturated heterocycles. The number of nitrogens with two attached hydrogens (primary N) is 1. The summed E-state index contributed by atoms with van der Waals surface area (Å²) < 4.78 is 0. The van der Waals surface area contributed by atoms with Crippen molar-refractivity contribution in [2.75, 3.05) is 5.73 Å². The molecule has 2 nitrogen and oxygen atoms in total. The number of hydrogen-bond donors (Lipinski definition) is 1. The Labute approximate surface area is 97.7 Å². The van der Waals surface area contributed by atoms with E-state index in [0.717, 1.165) is 11.1 Å². The van der Waals surface area contributed by atoms with E-state index in [9.17, 15) is 0 Å². The second-order valence-electron chi connectivity index (χ2n) is 3.09. The molecule has 1 heterocycles. The Hall–Kier alpha value is -1.25. The molecule has 0 unspecified atom stereocenters. The van der Waals surface area contributed by atoms with Gasteiger partial charge in [-0.3, -0.25) is 4.98 Å². The molecular weight excluding hydrogens is 231 g/mol. The number of nitrogens with zero attached hydrogens (tertiary/aromatic N) is 1. The smallest absolute Gasteiger partial charge is 0.0824 e. The monoisotopic (exact) mass is 238 g/mol. The highest BCUT2D eigenvalue weighted by atomic mass is 35.5. The molecule has 1 aromatic carbocycles. The summed E-state index contributed by atoms with van der Waals surface area (Å²) in [4.78, 5) is 4.00. The van der Waals surface area contributed by atoms with E-state index in [2.05, 4.69) is 4.98 Å². The Morgan fingerprint density at radius 3 is 2.33 bits per heavy atom. The first kappa shape index (κ1) is 10.3. The average Bonchev–Trinajstić information content (AvgIpc) is 2.24. The average molecular weight is 239 g/mol. The molecule has 15 heavy (non-hydrogen) atoms. The van der Waals surface area contributed by atoms with Crippen molar-refractivity contribution in [1.29, 1.82) is 0 Å². The van der Waals surface area contributed by atoms with Gasteiger partial charge >= 0.3 is 0 Å². The van der Waals surface area contributed by atoms with Gasteiger partial charge < -0.3 is 5.73 Å². The number of anilines is 1. The third-order valence-corrected chi connectivity index (χ3v) is 2.65. The normalized spacial score (nSPS) is 10.3. The fraction of sp³-hybridized carbons (Fsp3) is 0. The third-order valence-electron chi connectivity index (χ3n) is 2.09. The molecule has 0 aliphatic carbocycles. The number of benzene rings is 1. The first-order valence-corrected chi connectivity index (χ1v) is 5.09. The lowest BCUT2D eigenvalue weighted by atomic mass is 10.1. The molecule has 2 aromatic rings. The second kappa shape index (κ2) is 4.09. The van der Waals surface area contributed by atoms with Crippen molar-refractivity contribution in [3.05, 3.63) is 46.7 Å². The molecule has 2 rings (SSSR count). The van der Waals surface area contributed by atoms with E-state index in [1.54, 1.807) is 18.3 Å². The zero-order chi connectivity index (χ0) is 10.8. The number of aromatic nitrogens is 1. The van der Waals surface area contributed by atoms with Gasteiger partial charge in [-0.1, -0.05) is 35.3 Å². The number of nitrogen functional groups attached to an aromatic ring is 1. The highest BCUT2D eigenvalue weighted by molar-refractivity contribution is 6.33. The Kier molecular flexibility index (Phi) is 2.80. The first-order valence-electron chi connectivity index (χ1n) is 4.33. The molecule has 0 radical (unpaired) electrons. The van der Waals surface area contributed by atoms with Crippen molar-refractivity contribution < 1.29 is 0 Å². The molecule has 0 spiro atoms. The minimum Gasteiger partial charge on any atom is -0.397 e. The van der Waals surface area contributed by atoms with Crippen molar-refractivity contribution in [3.8, 4) is 11.1 Å². The van der Waals surface area contributed by atoms with Crippen LogP contribution in [0.15, 0.2) is 36.7 Å². The topological polar surface area (TPSA) is 38.9 Å². The SMILES string of the molecule is Nc1c(Cl)cncc1-c1ccc(Cl)cc1. The molecule has 0 amide bonds. The summed E-state index contributed by atoms with van der Waals surface area (Å²) in [6.07, 6.45) is 3.21. The Balaban J connectivity index is 2.54. The Morgan fingerprint density at radius 2 is 1.67 bits per heavy atom. The fourth-order valence-corrected chi connectivity index (χ4v) is 1.59. The van der Waals surface area contributed by atoms with Crippen LogP contribution in [0, 0.1) is 0 Å². The van der Waals surface area contributed by atoms with Crippen molar-refractivity contribution in [3.63, 3.8) is 0 Å². The van der Waals surface area contributed by atoms with Gasteiger partial charge in [0.25, 0.3) is 0 Å². The fourth-order valence-electron chi connectivity index (χ4n) is 1.30. The van der Waals surface area contributed by atoms with Crippen LogP contribution in [0.2, 0.25) is 10.0 Å². The summed E-state index contributed by atoms with van der Waals surface area (Å²) in [7, 11) is 0. The lowest BCUT2D eigenvalue weighted by Gasteiger charge is -2.06. The van der Waals surface area contributed by atoms with Crippen LogP contribution in [0.25, 0.3) is 11.1 Å². The summed E-state index contributed by atoms with van der Waals surface area (Å²) >= 11 is 11.7. The second-order valence-corrected chi connectivity index (χ2v) is 3.93. The van der Waals surface area contributed by atoms with Gasteiger partial charge in [0.2, 0.25) is 0 Å². The zero-order valence-electron chi connectivity index (χ0n) is 7.74. The van der Waals surface area contributed by atoms with Gasteiger partial charge in [-0.25, -0.2) is 0 Å². The molecule has 1 aromatic heterocycles. The predicted octanol–water partition coefficient (Wildman–Crippen LogP) is 3.64. The molecule has 0 aliphatic rings. The van der Waals surface area contributed by atoms with E-state index < -0.39 is 0 Å². The van der Waals surface area contributed by atoms with Gasteiger partial charge in [0.05, 0.1) is 10.7 Å². The maximum atomic E-state index is 5.88. The molecule has 0 atom stereocenters. The summed E-state index contributed by atoms with van der Waals surface area (Å²) in [5.74, 6) is 0. The van der Waals surface area contributed by atoms with Crippen LogP contribution < -0.4 is 5.73 Å².